The van der Waals surface area contributed by atoms with Gasteiger partial charge in [-0.2, -0.15) is 0 Å². The Morgan fingerprint density at radius 2 is 1.63 bits per heavy atom. The van der Waals surface area contributed by atoms with E-state index in [2.05, 4.69) is 6.92 Å². The van der Waals surface area contributed by atoms with Gasteiger partial charge in [0, 0.05) is 15.4 Å². The fourth-order valence-electron chi connectivity index (χ4n) is 3.37. The highest BCUT2D eigenvalue weighted by Gasteiger charge is 2.55. The highest BCUT2D eigenvalue weighted by Crippen LogP contribution is 2.57. The minimum Gasteiger partial charge on any atom is -0.497 e. The summed E-state index contributed by atoms with van der Waals surface area (Å²) >= 11 is 0. The monoisotopic (exact) mass is 378 g/mol. The van der Waals surface area contributed by atoms with Crippen molar-refractivity contribution in [3.8, 4) is 5.75 Å². The van der Waals surface area contributed by atoms with Crippen LogP contribution in [0, 0.1) is 6.92 Å². The third-order valence-electron chi connectivity index (χ3n) is 5.11. The van der Waals surface area contributed by atoms with Gasteiger partial charge < -0.3 is 9.47 Å². The van der Waals surface area contributed by atoms with Crippen molar-refractivity contribution >= 4 is 10.8 Å². The Morgan fingerprint density at radius 3 is 2.30 bits per heavy atom. The number of methoxy groups -OCH3 is 1. The molecule has 3 nitrogen and oxygen atoms in total. The molecule has 0 spiro atoms. The van der Waals surface area contributed by atoms with Crippen LogP contribution in [0.25, 0.3) is 0 Å². The van der Waals surface area contributed by atoms with E-state index in [0.29, 0.717) is 0 Å². The van der Waals surface area contributed by atoms with Crippen molar-refractivity contribution < 1.29 is 13.7 Å². The van der Waals surface area contributed by atoms with E-state index in [1.807, 2.05) is 79.7 Å². The highest BCUT2D eigenvalue weighted by atomic mass is 32.2. The summed E-state index contributed by atoms with van der Waals surface area (Å²) in [5.74, 6) is 0.820. The van der Waals surface area contributed by atoms with E-state index in [1.54, 1.807) is 7.11 Å². The number of hydrogen-bond acceptors (Lipinski definition) is 3. The molecule has 4 rings (SSSR count). The molecule has 3 aromatic carbocycles. The van der Waals surface area contributed by atoms with Gasteiger partial charge in [-0.3, -0.25) is 0 Å². The molecule has 1 fully saturated rings. The zero-order chi connectivity index (χ0) is 19.0. The molecule has 3 atom stereocenters. The van der Waals surface area contributed by atoms with Crippen molar-refractivity contribution in [3.05, 3.63) is 89.5 Å². The first-order valence-corrected chi connectivity index (χ1v) is 10.1. The second kappa shape index (κ2) is 6.95. The average molecular weight is 378 g/mol. The van der Waals surface area contributed by atoms with Gasteiger partial charge in [-0.05, 0) is 49.7 Å². The lowest BCUT2D eigenvalue weighted by molar-refractivity contribution is 0.312. The lowest BCUT2D eigenvalue weighted by atomic mass is 9.93. The third-order valence-corrected chi connectivity index (χ3v) is 6.58. The fraction of sp³-hybridized carbons (Fsp3) is 0.217. The fourth-order valence-corrected chi connectivity index (χ4v) is 4.60. The Kier molecular flexibility index (Phi) is 4.62. The quantitative estimate of drug-likeness (QED) is 0.576. The molecule has 0 radical (unpaired) electrons. The van der Waals surface area contributed by atoms with Crippen molar-refractivity contribution in [3.63, 3.8) is 0 Å². The predicted molar refractivity (Wildman–Crippen MR) is 106 cm³/mol. The molecule has 0 aliphatic carbocycles. The molecule has 1 aliphatic rings. The second-order valence-corrected chi connectivity index (χ2v) is 8.40. The minimum absolute atomic E-state index is 0.114. The van der Waals surface area contributed by atoms with Crippen LogP contribution in [0.2, 0.25) is 0 Å². The average Bonchev–Trinajstić information content (AvgIpc) is 3.41. The maximum Gasteiger partial charge on any atom is 0.122 e. The van der Waals surface area contributed by atoms with Crippen LogP contribution < -0.4 is 4.74 Å². The molecule has 1 unspecified atom stereocenters. The second-order valence-electron chi connectivity index (χ2n) is 6.95. The van der Waals surface area contributed by atoms with Gasteiger partial charge in [0.25, 0.3) is 0 Å². The van der Waals surface area contributed by atoms with Gasteiger partial charge in [0.1, 0.15) is 17.5 Å². The third kappa shape index (κ3) is 3.31. The molecule has 1 aliphatic heterocycles. The molecule has 138 valence electrons. The summed E-state index contributed by atoms with van der Waals surface area (Å²) in [5.41, 5.74) is 2.81. The van der Waals surface area contributed by atoms with E-state index in [-0.39, 0.29) is 6.10 Å². The molecular formula is C23H22O3S. The van der Waals surface area contributed by atoms with Crippen molar-refractivity contribution in [1.82, 2.24) is 0 Å². The summed E-state index contributed by atoms with van der Waals surface area (Å²) < 4.78 is 24.5. The highest BCUT2D eigenvalue weighted by molar-refractivity contribution is 7.85. The van der Waals surface area contributed by atoms with Crippen LogP contribution >= 0.6 is 0 Å². The molecule has 0 bridgehead atoms. The number of aryl methyl sites for hydroxylation is 1. The normalized spacial score (nSPS) is 22.3. The minimum atomic E-state index is -1.24. The number of benzene rings is 3. The molecule has 0 N–H and O–H groups in total. The van der Waals surface area contributed by atoms with E-state index < -0.39 is 16.4 Å². The number of ether oxygens (including phenoxy) is 2. The summed E-state index contributed by atoms with van der Waals surface area (Å²) in [4.78, 5) is 1.61. The van der Waals surface area contributed by atoms with Crippen molar-refractivity contribution in [2.75, 3.05) is 7.11 Å². The molecule has 1 saturated heterocycles. The zero-order valence-corrected chi connectivity index (χ0v) is 16.5. The van der Waals surface area contributed by atoms with Crippen LogP contribution in [0.4, 0.5) is 0 Å². The molecule has 4 heteroatoms. The summed E-state index contributed by atoms with van der Waals surface area (Å²) in [6.45, 7) is 4.10. The van der Waals surface area contributed by atoms with Crippen LogP contribution in [0.1, 0.15) is 29.7 Å². The van der Waals surface area contributed by atoms with Crippen LogP contribution in [0.15, 0.2) is 82.6 Å². The zero-order valence-electron chi connectivity index (χ0n) is 15.6. The largest absolute Gasteiger partial charge is 0.497 e. The van der Waals surface area contributed by atoms with E-state index in [0.717, 1.165) is 32.2 Å². The Bertz CT molecular complexity index is 979. The van der Waals surface area contributed by atoms with E-state index in [4.69, 9.17) is 9.47 Å². The van der Waals surface area contributed by atoms with Crippen LogP contribution in [0.5, 0.6) is 5.75 Å². The Labute approximate surface area is 162 Å². The number of rotatable bonds is 5. The van der Waals surface area contributed by atoms with E-state index in [9.17, 15) is 4.21 Å². The molecule has 27 heavy (non-hydrogen) atoms. The first-order chi connectivity index (χ1) is 13.0. The van der Waals surface area contributed by atoms with Crippen LogP contribution in [-0.4, -0.2) is 11.3 Å². The van der Waals surface area contributed by atoms with E-state index in [1.165, 1.54) is 0 Å². The summed E-state index contributed by atoms with van der Waals surface area (Å²) in [5, 5.41) is 0. The molecule has 3 aromatic rings. The predicted octanol–water partition coefficient (Wildman–Crippen LogP) is 5.16. The van der Waals surface area contributed by atoms with Gasteiger partial charge in [0.15, 0.2) is 0 Å². The Hall–Kier alpha value is -2.43. The molecular weight excluding hydrogens is 356 g/mol. The maximum absolute atomic E-state index is 13.2. The lowest BCUT2D eigenvalue weighted by Crippen LogP contribution is -2.06. The Balaban J connectivity index is 1.65. The summed E-state index contributed by atoms with van der Waals surface area (Å²) in [6.07, 6.45) is -0.114. The van der Waals surface area contributed by atoms with Gasteiger partial charge in [-0.1, -0.05) is 48.0 Å². The van der Waals surface area contributed by atoms with Gasteiger partial charge in [-0.25, -0.2) is 4.21 Å². The molecule has 0 aromatic heterocycles. The first kappa shape index (κ1) is 18.0. The lowest BCUT2D eigenvalue weighted by Gasteiger charge is -2.11. The van der Waals surface area contributed by atoms with Gasteiger partial charge >= 0.3 is 0 Å². The van der Waals surface area contributed by atoms with Crippen LogP contribution in [-0.2, 0) is 21.1 Å². The first-order valence-electron chi connectivity index (χ1n) is 8.92. The van der Waals surface area contributed by atoms with Crippen molar-refractivity contribution in [1.29, 1.82) is 0 Å². The Morgan fingerprint density at radius 1 is 0.963 bits per heavy atom. The van der Waals surface area contributed by atoms with Crippen LogP contribution in [0.3, 0.4) is 0 Å². The van der Waals surface area contributed by atoms with E-state index >= 15 is 0 Å². The van der Waals surface area contributed by atoms with Gasteiger partial charge in [0.05, 0.1) is 17.9 Å². The standard InChI is InChI=1S/C23H22O3S/c1-16-8-14-19(15-9-16)27(24)21-7-5-4-6-20(21)22-23(2,26-22)17-10-12-18(25-3)13-11-17/h4-15,22H,1-3H3/t22-,23-,27?/m0/s1. The smallest absolute Gasteiger partial charge is 0.122 e. The van der Waals surface area contributed by atoms with Gasteiger partial charge in [0.2, 0.25) is 0 Å². The number of hydrogen-bond donors (Lipinski definition) is 0. The topological polar surface area (TPSA) is 38.8 Å². The molecule has 0 saturated carbocycles. The summed E-state index contributed by atoms with van der Waals surface area (Å²) in [7, 11) is 0.415. The van der Waals surface area contributed by atoms with Gasteiger partial charge in [-0.15, -0.1) is 0 Å². The SMILES string of the molecule is COc1ccc([C@]2(C)O[C@H]2c2ccccc2S(=O)c2ccc(C)cc2)cc1. The van der Waals surface area contributed by atoms with Crippen molar-refractivity contribution in [2.45, 2.75) is 35.3 Å². The summed E-state index contributed by atoms with van der Waals surface area (Å²) in [6, 6.07) is 23.6. The number of epoxide rings is 1. The van der Waals surface area contributed by atoms with Crippen molar-refractivity contribution in [2.24, 2.45) is 0 Å². The molecule has 1 heterocycles. The molecule has 0 amide bonds. The maximum atomic E-state index is 13.2.